The number of hydrogen-bond acceptors (Lipinski definition) is 3. The van der Waals surface area contributed by atoms with Crippen LogP contribution in [-0.4, -0.2) is 12.5 Å². The summed E-state index contributed by atoms with van der Waals surface area (Å²) in [7, 11) is 0. The minimum atomic E-state index is -0.866. The summed E-state index contributed by atoms with van der Waals surface area (Å²) in [4.78, 5) is 11.6. The number of nitrogens with one attached hydrogen (secondary N) is 1. The van der Waals surface area contributed by atoms with Gasteiger partial charge in [0.15, 0.2) is 18.2 Å². The Labute approximate surface area is 125 Å². The summed E-state index contributed by atoms with van der Waals surface area (Å²) in [5, 5.41) is 11.4. The third kappa shape index (κ3) is 4.28. The quantitative estimate of drug-likeness (QED) is 0.923. The molecular formula is C16H12F2N2O2. The van der Waals surface area contributed by atoms with Crippen LogP contribution < -0.4 is 10.1 Å². The second-order valence-electron chi connectivity index (χ2n) is 4.45. The summed E-state index contributed by atoms with van der Waals surface area (Å²) < 4.78 is 31.0. The standard InChI is InChI=1S/C16H12F2N2O2/c17-13-4-5-15(14(18)7-13)22-10-16(21)20-9-12-3-1-2-11(6-12)8-19/h1-7H,9-10H2,(H,20,21). The van der Waals surface area contributed by atoms with Gasteiger partial charge < -0.3 is 10.1 Å². The lowest BCUT2D eigenvalue weighted by molar-refractivity contribution is -0.123. The molecule has 1 amide bonds. The number of nitriles is 1. The van der Waals surface area contributed by atoms with Crippen molar-refractivity contribution in [3.63, 3.8) is 0 Å². The first-order valence-corrected chi connectivity index (χ1v) is 6.42. The van der Waals surface area contributed by atoms with Crippen LogP contribution in [0.1, 0.15) is 11.1 Å². The summed E-state index contributed by atoms with van der Waals surface area (Å²) in [5.41, 5.74) is 1.26. The maximum absolute atomic E-state index is 13.3. The van der Waals surface area contributed by atoms with Crippen LogP contribution in [0.5, 0.6) is 5.75 Å². The molecule has 0 spiro atoms. The molecule has 0 heterocycles. The summed E-state index contributed by atoms with van der Waals surface area (Å²) in [6, 6.07) is 11.6. The van der Waals surface area contributed by atoms with Gasteiger partial charge in [-0.05, 0) is 29.8 Å². The number of carbonyl (C=O) groups excluding carboxylic acids is 1. The van der Waals surface area contributed by atoms with E-state index in [9.17, 15) is 13.6 Å². The summed E-state index contributed by atoms with van der Waals surface area (Å²) in [6.45, 7) is -0.163. The molecular weight excluding hydrogens is 290 g/mol. The molecule has 0 radical (unpaired) electrons. The Hall–Kier alpha value is -2.94. The molecule has 22 heavy (non-hydrogen) atoms. The van der Waals surface area contributed by atoms with Crippen molar-refractivity contribution in [2.24, 2.45) is 0 Å². The fraction of sp³-hybridized carbons (Fsp3) is 0.125. The van der Waals surface area contributed by atoms with Gasteiger partial charge in [-0.25, -0.2) is 8.78 Å². The van der Waals surface area contributed by atoms with Crippen LogP contribution in [0.4, 0.5) is 8.78 Å². The molecule has 1 N–H and O–H groups in total. The van der Waals surface area contributed by atoms with Crippen LogP contribution in [0.3, 0.4) is 0 Å². The molecule has 0 fully saturated rings. The highest BCUT2D eigenvalue weighted by Crippen LogP contribution is 2.17. The average molecular weight is 302 g/mol. The molecule has 0 saturated heterocycles. The van der Waals surface area contributed by atoms with Gasteiger partial charge in [0, 0.05) is 12.6 Å². The van der Waals surface area contributed by atoms with Crippen LogP contribution in [0.15, 0.2) is 42.5 Å². The van der Waals surface area contributed by atoms with Crippen molar-refractivity contribution in [3.8, 4) is 11.8 Å². The van der Waals surface area contributed by atoms with Crippen LogP contribution in [-0.2, 0) is 11.3 Å². The molecule has 0 aliphatic heterocycles. The van der Waals surface area contributed by atoms with E-state index in [4.69, 9.17) is 10.00 Å². The molecule has 0 aromatic heterocycles. The van der Waals surface area contributed by atoms with E-state index in [-0.39, 0.29) is 18.9 Å². The smallest absolute Gasteiger partial charge is 0.258 e. The molecule has 6 heteroatoms. The highest BCUT2D eigenvalue weighted by atomic mass is 19.1. The molecule has 112 valence electrons. The van der Waals surface area contributed by atoms with E-state index in [0.29, 0.717) is 11.6 Å². The van der Waals surface area contributed by atoms with E-state index in [1.165, 1.54) is 0 Å². The molecule has 0 atom stereocenters. The van der Waals surface area contributed by atoms with Gasteiger partial charge in [0.25, 0.3) is 5.91 Å². The Morgan fingerprint density at radius 1 is 1.23 bits per heavy atom. The second-order valence-corrected chi connectivity index (χ2v) is 4.45. The zero-order valence-electron chi connectivity index (χ0n) is 11.5. The second kappa shape index (κ2) is 7.18. The van der Waals surface area contributed by atoms with Gasteiger partial charge in [0.05, 0.1) is 11.6 Å². The highest BCUT2D eigenvalue weighted by molar-refractivity contribution is 5.77. The molecule has 0 aliphatic carbocycles. The van der Waals surface area contributed by atoms with Crippen LogP contribution in [0.2, 0.25) is 0 Å². The summed E-state index contributed by atoms with van der Waals surface area (Å²) in [5.74, 6) is -2.23. The lowest BCUT2D eigenvalue weighted by Crippen LogP contribution is -2.28. The maximum Gasteiger partial charge on any atom is 0.258 e. The highest BCUT2D eigenvalue weighted by Gasteiger charge is 2.08. The van der Waals surface area contributed by atoms with Crippen molar-refractivity contribution < 1.29 is 18.3 Å². The first-order chi connectivity index (χ1) is 10.6. The third-order valence-electron chi connectivity index (χ3n) is 2.80. The van der Waals surface area contributed by atoms with Gasteiger partial charge in [0.1, 0.15) is 5.82 Å². The molecule has 2 aromatic carbocycles. The largest absolute Gasteiger partial charge is 0.481 e. The number of halogens is 2. The number of benzene rings is 2. The Morgan fingerprint density at radius 3 is 2.77 bits per heavy atom. The maximum atomic E-state index is 13.3. The Balaban J connectivity index is 1.84. The zero-order chi connectivity index (χ0) is 15.9. The van der Waals surface area contributed by atoms with Crippen LogP contribution in [0.25, 0.3) is 0 Å². The fourth-order valence-electron chi connectivity index (χ4n) is 1.74. The molecule has 0 bridgehead atoms. The summed E-state index contributed by atoms with van der Waals surface area (Å²) in [6.07, 6.45) is 0. The van der Waals surface area contributed by atoms with Crippen molar-refractivity contribution in [3.05, 3.63) is 65.2 Å². The van der Waals surface area contributed by atoms with E-state index in [1.807, 2.05) is 6.07 Å². The topological polar surface area (TPSA) is 62.1 Å². The normalized spacial score (nSPS) is 9.86. The zero-order valence-corrected chi connectivity index (χ0v) is 11.5. The number of hydrogen-bond donors (Lipinski definition) is 1. The molecule has 0 aliphatic rings. The molecule has 4 nitrogen and oxygen atoms in total. The summed E-state index contributed by atoms with van der Waals surface area (Å²) >= 11 is 0. The van der Waals surface area contributed by atoms with Gasteiger partial charge in [-0.3, -0.25) is 4.79 Å². The lowest BCUT2D eigenvalue weighted by Gasteiger charge is -2.08. The number of carbonyl (C=O) groups is 1. The molecule has 0 saturated carbocycles. The van der Waals surface area contributed by atoms with E-state index < -0.39 is 17.5 Å². The van der Waals surface area contributed by atoms with E-state index in [0.717, 1.165) is 17.7 Å². The van der Waals surface area contributed by atoms with Crippen LogP contribution in [0, 0.1) is 23.0 Å². The lowest BCUT2D eigenvalue weighted by atomic mass is 10.1. The number of nitrogens with zero attached hydrogens (tertiary/aromatic N) is 1. The minimum Gasteiger partial charge on any atom is -0.481 e. The van der Waals surface area contributed by atoms with E-state index in [1.54, 1.807) is 24.3 Å². The number of ether oxygens (including phenoxy) is 1. The fourth-order valence-corrected chi connectivity index (χ4v) is 1.74. The van der Waals surface area contributed by atoms with Crippen molar-refractivity contribution in [1.29, 1.82) is 5.26 Å². The van der Waals surface area contributed by atoms with Gasteiger partial charge in [-0.1, -0.05) is 12.1 Å². The van der Waals surface area contributed by atoms with Gasteiger partial charge in [0.2, 0.25) is 0 Å². The Bertz CT molecular complexity index is 726. The van der Waals surface area contributed by atoms with Crippen molar-refractivity contribution in [2.75, 3.05) is 6.61 Å². The van der Waals surface area contributed by atoms with E-state index in [2.05, 4.69) is 5.32 Å². The van der Waals surface area contributed by atoms with Crippen molar-refractivity contribution in [1.82, 2.24) is 5.32 Å². The number of amides is 1. The minimum absolute atomic E-state index is 0.192. The third-order valence-corrected chi connectivity index (χ3v) is 2.80. The first kappa shape index (κ1) is 15.4. The molecule has 2 rings (SSSR count). The van der Waals surface area contributed by atoms with Gasteiger partial charge in [-0.15, -0.1) is 0 Å². The van der Waals surface area contributed by atoms with Crippen molar-refractivity contribution in [2.45, 2.75) is 6.54 Å². The predicted molar refractivity (Wildman–Crippen MR) is 74.9 cm³/mol. The van der Waals surface area contributed by atoms with Gasteiger partial charge in [-0.2, -0.15) is 5.26 Å². The Kier molecular flexibility index (Phi) is 5.04. The first-order valence-electron chi connectivity index (χ1n) is 6.42. The average Bonchev–Trinajstić information content (AvgIpc) is 2.52. The number of rotatable bonds is 5. The monoisotopic (exact) mass is 302 g/mol. The molecule has 0 unspecified atom stereocenters. The Morgan fingerprint density at radius 2 is 2.05 bits per heavy atom. The predicted octanol–water partition coefficient (Wildman–Crippen LogP) is 2.53. The molecule has 2 aromatic rings. The van der Waals surface area contributed by atoms with Crippen molar-refractivity contribution >= 4 is 5.91 Å². The van der Waals surface area contributed by atoms with E-state index >= 15 is 0 Å². The van der Waals surface area contributed by atoms with Crippen LogP contribution >= 0.6 is 0 Å². The van der Waals surface area contributed by atoms with Gasteiger partial charge >= 0.3 is 0 Å². The SMILES string of the molecule is N#Cc1cccc(CNC(=O)COc2ccc(F)cc2F)c1.